The largest absolute Gasteiger partial charge is 1.00 e. The number of fused-ring (bicyclic) bond motifs is 2. The van der Waals surface area contributed by atoms with Crippen molar-refractivity contribution in [3.05, 3.63) is 62.8 Å². The van der Waals surface area contributed by atoms with E-state index in [9.17, 15) is 5.11 Å². The van der Waals surface area contributed by atoms with Crippen molar-refractivity contribution in [1.29, 1.82) is 0 Å². The van der Waals surface area contributed by atoms with Crippen molar-refractivity contribution in [2.45, 2.75) is 39.7 Å². The Bertz CT molecular complexity index is 1010. The first kappa shape index (κ1) is 23.4. The zero-order chi connectivity index (χ0) is 17.5. The van der Waals surface area contributed by atoms with Crippen LogP contribution in [0.4, 0.5) is 5.69 Å². The molecule has 137 valence electrons. The molecule has 0 amide bonds. The first-order chi connectivity index (χ1) is 11.3. The summed E-state index contributed by atoms with van der Waals surface area (Å²) in [5.41, 5.74) is 3.77. The summed E-state index contributed by atoms with van der Waals surface area (Å²) in [5.74, 6) is 0. The molecule has 0 aromatic heterocycles. The molecule has 2 N–H and O–H groups in total. The second-order valence-corrected chi connectivity index (χ2v) is 8.69. The third-order valence-corrected chi connectivity index (χ3v) is 5.67. The number of anilines is 1. The first-order valence-electron chi connectivity index (χ1n) is 8.41. The fraction of sp³-hybridized carbons (Fsp3) is 0.333. The molecule has 0 atom stereocenters. The van der Waals surface area contributed by atoms with Gasteiger partial charge in [-0.25, -0.2) is 0 Å². The van der Waals surface area contributed by atoms with Gasteiger partial charge in [-0.05, 0) is 0 Å². The molecule has 0 heterocycles. The Kier molecular flexibility index (Phi) is 8.17. The number of benzene rings is 2. The molecule has 0 unspecified atom stereocenters. The summed E-state index contributed by atoms with van der Waals surface area (Å²) < 4.78 is 1.41. The van der Waals surface area contributed by atoms with E-state index < -0.39 is 0 Å². The Morgan fingerprint density at radius 1 is 1.00 bits per heavy atom. The van der Waals surface area contributed by atoms with Gasteiger partial charge in [0.1, 0.15) is 0 Å². The number of hydrogen-bond donors (Lipinski definition) is 2. The van der Waals surface area contributed by atoms with Crippen LogP contribution < -0.4 is 40.6 Å². The second kappa shape index (κ2) is 9.06. The number of nitrogens with one attached hydrogen (secondary N) is 1. The summed E-state index contributed by atoms with van der Waals surface area (Å²) in [7, 11) is 0. The zero-order valence-electron chi connectivity index (χ0n) is 15.6. The molecule has 26 heavy (non-hydrogen) atoms. The van der Waals surface area contributed by atoms with Crippen molar-refractivity contribution in [3.8, 4) is 0 Å². The minimum absolute atomic E-state index is 0. The monoisotopic (exact) mass is 466 g/mol. The van der Waals surface area contributed by atoms with Crippen LogP contribution in [0, 0.1) is 10.4 Å². The fourth-order valence-electron chi connectivity index (χ4n) is 3.32. The van der Waals surface area contributed by atoms with E-state index in [4.69, 9.17) is 0 Å². The van der Waals surface area contributed by atoms with Gasteiger partial charge in [0, 0.05) is 0 Å². The first-order valence-corrected chi connectivity index (χ1v) is 9.64. The molecule has 1 aliphatic rings. The van der Waals surface area contributed by atoms with Crippen LogP contribution in [0.3, 0.4) is 0 Å². The average Bonchev–Trinajstić information content (AvgIpc) is 2.80. The predicted octanol–water partition coefficient (Wildman–Crippen LogP) is -3.24. The van der Waals surface area contributed by atoms with Crippen LogP contribution in [0.25, 0.3) is 8.85 Å². The van der Waals surface area contributed by atoms with Gasteiger partial charge in [-0.3, -0.25) is 0 Å². The van der Waals surface area contributed by atoms with Crippen LogP contribution in [-0.2, 0) is 24.7 Å². The van der Waals surface area contributed by atoms with Gasteiger partial charge < -0.3 is 24.8 Å². The van der Waals surface area contributed by atoms with E-state index in [1.165, 1.54) is 65.7 Å². The molecule has 0 fully saturated rings. The molecule has 2 nitrogen and oxygen atoms in total. The number of aliphatic hydroxyl groups is 1. The van der Waals surface area contributed by atoms with Gasteiger partial charge in [0.05, 0.1) is 0 Å². The maximum absolute atomic E-state index is 9.37. The molecular weight excluding hydrogens is 444 g/mol. The summed E-state index contributed by atoms with van der Waals surface area (Å²) >= 11 is 1.43. The van der Waals surface area contributed by atoms with Gasteiger partial charge in [-0.2, -0.15) is 0 Å². The van der Waals surface area contributed by atoms with Crippen molar-refractivity contribution in [3.63, 3.8) is 0 Å². The number of rotatable bonds is 3. The molecule has 1 aliphatic carbocycles. The van der Waals surface area contributed by atoms with Gasteiger partial charge >= 0.3 is 159 Å². The predicted molar refractivity (Wildman–Crippen MR) is 96.5 cm³/mol. The molecule has 3 rings (SSSR count). The van der Waals surface area contributed by atoms with Crippen LogP contribution in [0.15, 0.2) is 36.4 Å². The molecule has 0 radical (unpaired) electrons. The quantitative estimate of drug-likeness (QED) is 0.497. The van der Waals surface area contributed by atoms with Crippen LogP contribution >= 0.6 is 0 Å². The number of aliphatic hydroxyl groups excluding tert-OH is 1. The topological polar surface area (TPSA) is 32.3 Å². The maximum atomic E-state index is 9.37. The molecule has 0 aliphatic heterocycles. The maximum Gasteiger partial charge on any atom is -1.00 e. The van der Waals surface area contributed by atoms with Gasteiger partial charge in [0.25, 0.3) is 0 Å². The normalized spacial score (nSPS) is 13.3. The van der Waals surface area contributed by atoms with E-state index in [0.29, 0.717) is 6.42 Å². The number of halogens is 2. The summed E-state index contributed by atoms with van der Waals surface area (Å²) in [4.78, 5) is 0. The molecule has 0 bridgehead atoms. The Morgan fingerprint density at radius 2 is 1.62 bits per heavy atom. The van der Waals surface area contributed by atoms with Crippen molar-refractivity contribution in [1.82, 2.24) is 0 Å². The minimum atomic E-state index is -0.0193. The Morgan fingerprint density at radius 3 is 2.19 bits per heavy atom. The van der Waals surface area contributed by atoms with E-state index in [2.05, 4.69) is 69.4 Å². The fourth-order valence-corrected chi connectivity index (χ4v) is 4.49. The Labute approximate surface area is 182 Å². The van der Waals surface area contributed by atoms with Crippen LogP contribution in [0.5, 0.6) is 0 Å². The molecular formula is C21H24Cl2NOZr. The molecule has 0 saturated heterocycles. The van der Waals surface area contributed by atoms with E-state index in [0.717, 1.165) is 0 Å². The standard InChI is InChI=1S/C21H24NO.2ClH.Zr/c1-14(11-12-23)16-9-10-18-17-8-6-5-7-15(17)13-19(18)20(16)22-21(2,3)4;;;/h5-10,22-23H,11-12H2,1-4H3;2*1H;/q;;;+2/p-2. The van der Waals surface area contributed by atoms with Crippen LogP contribution in [-0.4, -0.2) is 17.3 Å². The molecule has 2 aromatic carbocycles. The van der Waals surface area contributed by atoms with E-state index in [1.54, 1.807) is 0 Å². The third kappa shape index (κ3) is 4.45. The second-order valence-electron chi connectivity index (χ2n) is 7.46. The zero-order valence-corrected chi connectivity index (χ0v) is 19.6. The molecule has 5 heteroatoms. The average molecular weight is 469 g/mol. The van der Waals surface area contributed by atoms with Gasteiger partial charge in [-0.1, -0.05) is 0 Å². The van der Waals surface area contributed by atoms with E-state index in [-0.39, 0.29) is 37.0 Å². The SMILES string of the molecule is CC(CCO)=c1ccc2c(c1NC(C)(C)C)[C]([Zr+2])=c1ccccc1=2.[Cl-].[Cl-]. The van der Waals surface area contributed by atoms with Crippen LogP contribution in [0.1, 0.15) is 39.7 Å². The summed E-state index contributed by atoms with van der Waals surface area (Å²) in [6.45, 7) is 8.90. The van der Waals surface area contributed by atoms with Gasteiger partial charge in [0.2, 0.25) is 0 Å². The molecule has 0 saturated carbocycles. The van der Waals surface area contributed by atoms with Crippen molar-refractivity contribution < 1.29 is 54.6 Å². The Hall–Kier alpha value is -0.597. The van der Waals surface area contributed by atoms with Crippen molar-refractivity contribution >= 4 is 14.5 Å². The summed E-state index contributed by atoms with van der Waals surface area (Å²) in [6, 6.07) is 13.1. The van der Waals surface area contributed by atoms with Crippen LogP contribution in [0.2, 0.25) is 0 Å². The molecule has 0 spiro atoms. The number of hydrogen-bond acceptors (Lipinski definition) is 2. The van der Waals surface area contributed by atoms with Crippen molar-refractivity contribution in [2.75, 3.05) is 11.9 Å². The Balaban J connectivity index is 0.00000169. The smallest absolute Gasteiger partial charge is 1.00 e. The van der Waals surface area contributed by atoms with E-state index in [1.807, 2.05) is 0 Å². The van der Waals surface area contributed by atoms with Gasteiger partial charge in [-0.15, -0.1) is 0 Å². The molecule has 2 aromatic rings. The summed E-state index contributed by atoms with van der Waals surface area (Å²) in [5, 5.41) is 18.4. The minimum Gasteiger partial charge on any atom is -1.00 e. The van der Waals surface area contributed by atoms with Crippen molar-refractivity contribution in [2.24, 2.45) is 0 Å². The summed E-state index contributed by atoms with van der Waals surface area (Å²) in [6.07, 6.45) is 0.705. The third-order valence-electron chi connectivity index (χ3n) is 4.39. The van der Waals surface area contributed by atoms with E-state index >= 15 is 0 Å². The van der Waals surface area contributed by atoms with Gasteiger partial charge in [0.15, 0.2) is 0 Å².